The van der Waals surface area contributed by atoms with Gasteiger partial charge in [-0.25, -0.2) is 0 Å². The second kappa shape index (κ2) is 7.36. The van der Waals surface area contributed by atoms with Crippen molar-refractivity contribution >= 4 is 40.1 Å². The van der Waals surface area contributed by atoms with Gasteiger partial charge in [-0.15, -0.1) is 0 Å². The number of nitrogens with zero attached hydrogens (tertiary/aromatic N) is 1. The van der Waals surface area contributed by atoms with Gasteiger partial charge in [0.1, 0.15) is 5.69 Å². The lowest BCUT2D eigenvalue weighted by Crippen LogP contribution is -2.21. The lowest BCUT2D eigenvalue weighted by atomic mass is 10.2. The van der Waals surface area contributed by atoms with Crippen LogP contribution in [0.5, 0.6) is 0 Å². The van der Waals surface area contributed by atoms with Gasteiger partial charge in [0.15, 0.2) is 12.2 Å². The highest BCUT2D eigenvalue weighted by atomic mass is 35.5. The number of aryl methyl sites for hydroxylation is 1. The number of halogens is 1. The van der Waals surface area contributed by atoms with E-state index in [2.05, 4.69) is 10.5 Å². The maximum Gasteiger partial charge on any atom is 0.312 e. The first-order valence-electron chi connectivity index (χ1n) is 7.58. The average molecular weight is 359 g/mol. The van der Waals surface area contributed by atoms with Crippen molar-refractivity contribution in [2.24, 2.45) is 0 Å². The third-order valence-corrected chi connectivity index (χ3v) is 3.99. The van der Waals surface area contributed by atoms with Gasteiger partial charge in [-0.2, -0.15) is 0 Å². The molecule has 25 heavy (non-hydrogen) atoms. The van der Waals surface area contributed by atoms with Crippen molar-refractivity contribution in [2.75, 3.05) is 11.9 Å². The first-order chi connectivity index (χ1) is 12.0. The van der Waals surface area contributed by atoms with Gasteiger partial charge in [0, 0.05) is 16.1 Å². The molecule has 0 spiro atoms. The molecule has 0 bridgehead atoms. The van der Waals surface area contributed by atoms with E-state index in [4.69, 9.17) is 20.9 Å². The van der Waals surface area contributed by atoms with Gasteiger partial charge < -0.3 is 14.6 Å². The standard InChI is InChI=1S/C18H15ClN2O4/c1-11-6-7-12(8-14(11)19)20-17(22)10-24-18(23)9-15-13-4-2-3-5-16(13)25-21-15/h2-8H,9-10H2,1H3,(H,20,22). The van der Waals surface area contributed by atoms with Crippen molar-refractivity contribution in [3.05, 3.63) is 58.7 Å². The molecule has 0 radical (unpaired) electrons. The fourth-order valence-electron chi connectivity index (χ4n) is 2.27. The monoisotopic (exact) mass is 358 g/mol. The highest BCUT2D eigenvalue weighted by Gasteiger charge is 2.14. The predicted molar refractivity (Wildman–Crippen MR) is 93.5 cm³/mol. The summed E-state index contributed by atoms with van der Waals surface area (Å²) in [6.45, 7) is 1.48. The van der Waals surface area contributed by atoms with Gasteiger partial charge in [-0.1, -0.05) is 35.0 Å². The molecule has 0 aliphatic carbocycles. The number of amides is 1. The SMILES string of the molecule is Cc1ccc(NC(=O)COC(=O)Cc2noc3ccccc23)cc1Cl. The van der Waals surface area contributed by atoms with Crippen LogP contribution >= 0.6 is 11.6 Å². The van der Waals surface area contributed by atoms with Crippen molar-refractivity contribution in [3.8, 4) is 0 Å². The third-order valence-electron chi connectivity index (χ3n) is 3.58. The van der Waals surface area contributed by atoms with E-state index in [9.17, 15) is 9.59 Å². The van der Waals surface area contributed by atoms with Crippen molar-refractivity contribution < 1.29 is 18.8 Å². The minimum atomic E-state index is -0.559. The van der Waals surface area contributed by atoms with Crippen LogP contribution < -0.4 is 5.32 Å². The fraction of sp³-hybridized carbons (Fsp3) is 0.167. The molecule has 0 unspecified atom stereocenters. The molecule has 7 heteroatoms. The molecule has 0 saturated heterocycles. The Morgan fingerprint density at radius 2 is 2.04 bits per heavy atom. The van der Waals surface area contributed by atoms with Crippen LogP contribution in [0.25, 0.3) is 11.0 Å². The molecule has 3 aromatic rings. The summed E-state index contributed by atoms with van der Waals surface area (Å²) >= 11 is 6.00. The van der Waals surface area contributed by atoms with Gasteiger partial charge >= 0.3 is 5.97 Å². The number of fused-ring (bicyclic) bond motifs is 1. The number of benzene rings is 2. The minimum Gasteiger partial charge on any atom is -0.455 e. The van der Waals surface area contributed by atoms with Crippen molar-refractivity contribution in [1.29, 1.82) is 0 Å². The van der Waals surface area contributed by atoms with Crippen LogP contribution in [0.2, 0.25) is 5.02 Å². The number of hydrogen-bond acceptors (Lipinski definition) is 5. The molecular weight excluding hydrogens is 344 g/mol. The zero-order valence-corrected chi connectivity index (χ0v) is 14.2. The summed E-state index contributed by atoms with van der Waals surface area (Å²) in [5, 5.41) is 7.77. The van der Waals surface area contributed by atoms with E-state index in [-0.39, 0.29) is 13.0 Å². The number of hydrogen-bond donors (Lipinski definition) is 1. The Morgan fingerprint density at radius 1 is 1.24 bits per heavy atom. The molecule has 0 aliphatic heterocycles. The average Bonchev–Trinajstić information content (AvgIpc) is 2.99. The summed E-state index contributed by atoms with van der Waals surface area (Å²) in [6, 6.07) is 12.4. The maximum atomic E-state index is 11.9. The zero-order valence-electron chi connectivity index (χ0n) is 13.4. The Hall–Kier alpha value is -2.86. The molecule has 3 rings (SSSR count). The second-order valence-electron chi connectivity index (χ2n) is 5.48. The highest BCUT2D eigenvalue weighted by Crippen LogP contribution is 2.20. The Morgan fingerprint density at radius 3 is 2.84 bits per heavy atom. The predicted octanol–water partition coefficient (Wildman–Crippen LogP) is 3.51. The van der Waals surface area contributed by atoms with Gasteiger partial charge in [0.05, 0.1) is 6.42 Å². The molecular formula is C18H15ClN2O4. The highest BCUT2D eigenvalue weighted by molar-refractivity contribution is 6.31. The zero-order chi connectivity index (χ0) is 17.8. The van der Waals surface area contributed by atoms with Crippen LogP contribution in [0.4, 0.5) is 5.69 Å². The number of para-hydroxylation sites is 1. The smallest absolute Gasteiger partial charge is 0.312 e. The Kier molecular flexibility index (Phi) is 5.00. The van der Waals surface area contributed by atoms with Crippen LogP contribution in [-0.2, 0) is 20.7 Å². The van der Waals surface area contributed by atoms with E-state index in [1.54, 1.807) is 24.3 Å². The summed E-state index contributed by atoms with van der Waals surface area (Å²) < 4.78 is 10.1. The molecule has 0 atom stereocenters. The molecule has 128 valence electrons. The van der Waals surface area contributed by atoms with Crippen LogP contribution in [0.1, 0.15) is 11.3 Å². The number of carbonyl (C=O) groups excluding carboxylic acids is 2. The molecule has 1 heterocycles. The largest absolute Gasteiger partial charge is 0.455 e. The first kappa shape index (κ1) is 17.0. The number of anilines is 1. The van der Waals surface area contributed by atoms with Gasteiger partial charge in [-0.05, 0) is 36.8 Å². The van der Waals surface area contributed by atoms with Gasteiger partial charge in [0.2, 0.25) is 0 Å². The van der Waals surface area contributed by atoms with E-state index < -0.39 is 11.9 Å². The molecule has 2 aromatic carbocycles. The number of esters is 1. The van der Waals surface area contributed by atoms with E-state index in [1.807, 2.05) is 25.1 Å². The molecule has 1 aromatic heterocycles. The summed E-state index contributed by atoms with van der Waals surface area (Å²) in [4.78, 5) is 23.8. The molecule has 0 fully saturated rings. The fourth-order valence-corrected chi connectivity index (χ4v) is 2.45. The van der Waals surface area contributed by atoms with E-state index in [1.165, 1.54) is 0 Å². The summed E-state index contributed by atoms with van der Waals surface area (Å²) in [6.07, 6.45) is -0.0688. The number of nitrogens with one attached hydrogen (secondary N) is 1. The Labute approximate surface area is 148 Å². The van der Waals surface area contributed by atoms with Crippen molar-refractivity contribution in [1.82, 2.24) is 5.16 Å². The minimum absolute atomic E-state index is 0.0688. The first-order valence-corrected chi connectivity index (χ1v) is 7.95. The Bertz CT molecular complexity index is 936. The molecule has 6 nitrogen and oxygen atoms in total. The number of carbonyl (C=O) groups is 2. The number of rotatable bonds is 5. The van der Waals surface area contributed by atoms with Gasteiger partial charge in [0.25, 0.3) is 5.91 Å². The number of aromatic nitrogens is 1. The van der Waals surface area contributed by atoms with Crippen LogP contribution in [-0.4, -0.2) is 23.6 Å². The topological polar surface area (TPSA) is 81.4 Å². The summed E-state index contributed by atoms with van der Waals surface area (Å²) in [5.41, 5.74) is 2.52. The van der Waals surface area contributed by atoms with E-state index >= 15 is 0 Å². The summed E-state index contributed by atoms with van der Waals surface area (Å²) in [7, 11) is 0. The molecule has 1 amide bonds. The Balaban J connectivity index is 1.53. The lowest BCUT2D eigenvalue weighted by Gasteiger charge is -2.07. The van der Waals surface area contributed by atoms with Crippen LogP contribution in [0, 0.1) is 6.92 Å². The van der Waals surface area contributed by atoms with Crippen LogP contribution in [0.3, 0.4) is 0 Å². The quantitative estimate of drug-likeness (QED) is 0.706. The molecule has 0 aliphatic rings. The van der Waals surface area contributed by atoms with E-state index in [0.29, 0.717) is 22.0 Å². The van der Waals surface area contributed by atoms with Crippen LogP contribution in [0.15, 0.2) is 47.0 Å². The molecule has 1 N–H and O–H groups in total. The van der Waals surface area contributed by atoms with E-state index in [0.717, 1.165) is 10.9 Å². The number of ether oxygens (including phenoxy) is 1. The maximum absolute atomic E-state index is 11.9. The van der Waals surface area contributed by atoms with Gasteiger partial charge in [-0.3, -0.25) is 9.59 Å². The lowest BCUT2D eigenvalue weighted by molar-refractivity contribution is -0.146. The van der Waals surface area contributed by atoms with Crippen molar-refractivity contribution in [3.63, 3.8) is 0 Å². The molecule has 0 saturated carbocycles. The third kappa shape index (κ3) is 4.16. The normalized spacial score (nSPS) is 10.6. The summed E-state index contributed by atoms with van der Waals surface area (Å²) in [5.74, 6) is -1.01. The second-order valence-corrected chi connectivity index (χ2v) is 5.88. The van der Waals surface area contributed by atoms with Crippen molar-refractivity contribution in [2.45, 2.75) is 13.3 Å².